The molecule has 1 atom stereocenters. The second-order valence-electron chi connectivity index (χ2n) is 7.01. The van der Waals surface area contributed by atoms with Gasteiger partial charge in [-0.3, -0.25) is 9.58 Å². The molecule has 0 spiro atoms. The van der Waals surface area contributed by atoms with Crippen LogP contribution in [0.2, 0.25) is 0 Å². The molecule has 2 aromatic heterocycles. The van der Waals surface area contributed by atoms with Gasteiger partial charge >= 0.3 is 0 Å². The number of likely N-dealkylation sites (N-methyl/N-ethyl adjacent to an activating group) is 1. The van der Waals surface area contributed by atoms with Gasteiger partial charge in [0.25, 0.3) is 0 Å². The van der Waals surface area contributed by atoms with Gasteiger partial charge in [0.2, 0.25) is 0 Å². The average molecular weight is 336 g/mol. The van der Waals surface area contributed by atoms with Crippen LogP contribution in [-0.4, -0.2) is 51.1 Å². The van der Waals surface area contributed by atoms with Crippen LogP contribution in [0.4, 0.5) is 0 Å². The minimum absolute atomic E-state index is 0.595. The second kappa shape index (κ2) is 6.54. The van der Waals surface area contributed by atoms with E-state index in [9.17, 15) is 0 Å². The zero-order chi connectivity index (χ0) is 17.4. The van der Waals surface area contributed by atoms with Crippen molar-refractivity contribution in [3.63, 3.8) is 0 Å². The molecule has 0 bridgehead atoms. The average Bonchev–Trinajstić information content (AvgIpc) is 3.24. The van der Waals surface area contributed by atoms with Crippen molar-refractivity contribution >= 4 is 10.9 Å². The van der Waals surface area contributed by atoms with E-state index in [1.807, 2.05) is 17.9 Å². The Kier molecular flexibility index (Phi) is 4.23. The third kappa shape index (κ3) is 3.27. The minimum atomic E-state index is 0.595. The van der Waals surface area contributed by atoms with Crippen LogP contribution in [0, 0.1) is 6.92 Å². The van der Waals surface area contributed by atoms with Crippen molar-refractivity contribution in [1.82, 2.24) is 30.2 Å². The fourth-order valence-electron chi connectivity index (χ4n) is 3.58. The maximum atomic E-state index is 4.50. The quantitative estimate of drug-likeness (QED) is 0.791. The summed E-state index contributed by atoms with van der Waals surface area (Å²) in [6.07, 6.45) is 3.24. The molecule has 0 amide bonds. The molecule has 6 heteroatoms. The molecule has 0 saturated carbocycles. The first kappa shape index (κ1) is 16.2. The van der Waals surface area contributed by atoms with Gasteiger partial charge < -0.3 is 5.32 Å². The van der Waals surface area contributed by atoms with Crippen LogP contribution in [-0.2, 0) is 13.6 Å². The number of benzene rings is 1. The van der Waals surface area contributed by atoms with Gasteiger partial charge in [0, 0.05) is 43.3 Å². The number of hydrogen-bond donors (Lipinski definition) is 1. The Balaban J connectivity index is 1.55. The SMILES string of the molecule is Cc1cc(-c2ccc(CN(C)C3CCNC3)nn2)cc2cn(C)nc12. The van der Waals surface area contributed by atoms with Crippen LogP contribution in [0.1, 0.15) is 17.7 Å². The first-order chi connectivity index (χ1) is 12.1. The Hall–Kier alpha value is -2.31. The smallest absolute Gasteiger partial charge is 0.0952 e. The normalized spacial score (nSPS) is 17.7. The van der Waals surface area contributed by atoms with Gasteiger partial charge in [-0.05, 0) is 56.8 Å². The van der Waals surface area contributed by atoms with Crippen LogP contribution in [0.5, 0.6) is 0 Å². The summed E-state index contributed by atoms with van der Waals surface area (Å²) in [5, 5.41) is 18.0. The molecule has 25 heavy (non-hydrogen) atoms. The van der Waals surface area contributed by atoms with Gasteiger partial charge in [-0.25, -0.2) is 0 Å². The minimum Gasteiger partial charge on any atom is -0.315 e. The Bertz CT molecular complexity index is 877. The highest BCUT2D eigenvalue weighted by Crippen LogP contribution is 2.25. The summed E-state index contributed by atoms with van der Waals surface area (Å²) in [5.41, 5.74) is 5.21. The van der Waals surface area contributed by atoms with Gasteiger partial charge in [0.05, 0.1) is 16.9 Å². The number of aromatic nitrogens is 4. The zero-order valence-corrected chi connectivity index (χ0v) is 15.0. The number of nitrogens with one attached hydrogen (secondary N) is 1. The maximum absolute atomic E-state index is 4.50. The topological polar surface area (TPSA) is 58.9 Å². The van der Waals surface area contributed by atoms with E-state index in [1.54, 1.807) is 0 Å². The van der Waals surface area contributed by atoms with Crippen molar-refractivity contribution in [2.45, 2.75) is 25.9 Å². The van der Waals surface area contributed by atoms with Crippen LogP contribution in [0.3, 0.4) is 0 Å². The molecule has 0 aliphatic carbocycles. The summed E-state index contributed by atoms with van der Waals surface area (Å²) in [5.74, 6) is 0. The third-order valence-electron chi connectivity index (χ3n) is 5.00. The summed E-state index contributed by atoms with van der Waals surface area (Å²) >= 11 is 0. The van der Waals surface area contributed by atoms with E-state index in [0.717, 1.165) is 53.1 Å². The summed E-state index contributed by atoms with van der Waals surface area (Å²) in [6, 6.07) is 9.02. The summed E-state index contributed by atoms with van der Waals surface area (Å²) in [7, 11) is 4.11. The Labute approximate surface area is 147 Å². The van der Waals surface area contributed by atoms with E-state index < -0.39 is 0 Å². The molecule has 1 fully saturated rings. The van der Waals surface area contributed by atoms with Crippen molar-refractivity contribution in [1.29, 1.82) is 0 Å². The number of hydrogen-bond acceptors (Lipinski definition) is 5. The van der Waals surface area contributed by atoms with Gasteiger partial charge in [-0.15, -0.1) is 0 Å². The number of rotatable bonds is 4. The maximum Gasteiger partial charge on any atom is 0.0952 e. The van der Waals surface area contributed by atoms with Crippen LogP contribution in [0.25, 0.3) is 22.2 Å². The fraction of sp³-hybridized carbons (Fsp3) is 0.421. The van der Waals surface area contributed by atoms with E-state index in [-0.39, 0.29) is 0 Å². The van der Waals surface area contributed by atoms with Gasteiger partial charge in [0.15, 0.2) is 0 Å². The molecule has 0 radical (unpaired) electrons. The summed E-state index contributed by atoms with van der Waals surface area (Å²) < 4.78 is 1.85. The number of fused-ring (bicyclic) bond motifs is 1. The molecular formula is C19H24N6. The molecule has 6 nitrogen and oxygen atoms in total. The summed E-state index contributed by atoms with van der Waals surface area (Å²) in [4.78, 5) is 2.36. The highest BCUT2D eigenvalue weighted by molar-refractivity contribution is 5.86. The molecule has 130 valence electrons. The third-order valence-corrected chi connectivity index (χ3v) is 5.00. The molecule has 3 heterocycles. The van der Waals surface area contributed by atoms with Gasteiger partial charge in [0.1, 0.15) is 0 Å². The number of nitrogens with zero attached hydrogens (tertiary/aromatic N) is 5. The van der Waals surface area contributed by atoms with Crippen LogP contribution < -0.4 is 5.32 Å². The number of aryl methyl sites for hydroxylation is 2. The van der Waals surface area contributed by atoms with E-state index in [2.05, 4.69) is 63.7 Å². The molecule has 1 saturated heterocycles. The van der Waals surface area contributed by atoms with Crippen molar-refractivity contribution in [2.24, 2.45) is 7.05 Å². The lowest BCUT2D eigenvalue weighted by atomic mass is 10.1. The van der Waals surface area contributed by atoms with Crippen LogP contribution in [0.15, 0.2) is 30.5 Å². The van der Waals surface area contributed by atoms with E-state index in [1.165, 1.54) is 6.42 Å². The second-order valence-corrected chi connectivity index (χ2v) is 7.01. The Morgan fingerprint density at radius 3 is 2.88 bits per heavy atom. The van der Waals surface area contributed by atoms with Crippen molar-refractivity contribution in [3.8, 4) is 11.3 Å². The molecule has 1 aliphatic heterocycles. The van der Waals surface area contributed by atoms with Crippen molar-refractivity contribution < 1.29 is 0 Å². The molecule has 1 N–H and O–H groups in total. The first-order valence-corrected chi connectivity index (χ1v) is 8.78. The lowest BCUT2D eigenvalue weighted by Crippen LogP contribution is -2.33. The lowest BCUT2D eigenvalue weighted by molar-refractivity contribution is 0.245. The summed E-state index contributed by atoms with van der Waals surface area (Å²) in [6.45, 7) is 5.09. The fourth-order valence-corrected chi connectivity index (χ4v) is 3.58. The van der Waals surface area contributed by atoms with Gasteiger partial charge in [-0.1, -0.05) is 0 Å². The van der Waals surface area contributed by atoms with Crippen molar-refractivity contribution in [2.75, 3.05) is 20.1 Å². The highest BCUT2D eigenvalue weighted by atomic mass is 15.2. The Morgan fingerprint density at radius 1 is 1.28 bits per heavy atom. The molecule has 1 unspecified atom stereocenters. The standard InChI is InChI=1S/C19H24N6/c1-13-8-14(9-15-11-25(3)23-19(13)15)18-5-4-16(21-22-18)12-24(2)17-6-7-20-10-17/h4-5,8-9,11,17,20H,6-7,10,12H2,1-3H3. The Morgan fingerprint density at radius 2 is 2.16 bits per heavy atom. The molecular weight excluding hydrogens is 312 g/mol. The molecule has 4 rings (SSSR count). The zero-order valence-electron chi connectivity index (χ0n) is 15.0. The lowest BCUT2D eigenvalue weighted by Gasteiger charge is -2.22. The predicted molar refractivity (Wildman–Crippen MR) is 99.2 cm³/mol. The van der Waals surface area contributed by atoms with Gasteiger partial charge in [-0.2, -0.15) is 15.3 Å². The van der Waals surface area contributed by atoms with E-state index >= 15 is 0 Å². The van der Waals surface area contributed by atoms with E-state index in [4.69, 9.17) is 0 Å². The van der Waals surface area contributed by atoms with Crippen LogP contribution >= 0.6 is 0 Å². The monoisotopic (exact) mass is 336 g/mol. The first-order valence-electron chi connectivity index (χ1n) is 8.78. The van der Waals surface area contributed by atoms with E-state index in [0.29, 0.717) is 6.04 Å². The molecule has 1 aromatic carbocycles. The molecule has 1 aliphatic rings. The predicted octanol–water partition coefficient (Wildman–Crippen LogP) is 2.13. The largest absolute Gasteiger partial charge is 0.315 e. The molecule has 3 aromatic rings. The van der Waals surface area contributed by atoms with Crippen molar-refractivity contribution in [3.05, 3.63) is 41.7 Å². The highest BCUT2D eigenvalue weighted by Gasteiger charge is 2.19.